The Kier molecular flexibility index (Phi) is 6.02. The van der Waals surface area contributed by atoms with Gasteiger partial charge in [-0.2, -0.15) is 15.3 Å². The van der Waals surface area contributed by atoms with Crippen molar-refractivity contribution < 1.29 is 9.13 Å². The van der Waals surface area contributed by atoms with Gasteiger partial charge in [0.05, 0.1) is 41.7 Å². The molecule has 1 fully saturated rings. The van der Waals surface area contributed by atoms with Gasteiger partial charge in [-0.15, -0.1) is 0 Å². The number of aryl methyl sites for hydroxylation is 2. The van der Waals surface area contributed by atoms with Gasteiger partial charge >= 0.3 is 0 Å². The van der Waals surface area contributed by atoms with Gasteiger partial charge in [-0.1, -0.05) is 0 Å². The molecule has 184 valence electrons. The Morgan fingerprint density at radius 2 is 2.03 bits per heavy atom. The van der Waals surface area contributed by atoms with Crippen molar-refractivity contribution in [2.45, 2.75) is 38.6 Å². The zero-order chi connectivity index (χ0) is 24.5. The zero-order valence-electron chi connectivity index (χ0n) is 20.1. The van der Waals surface area contributed by atoms with E-state index < -0.39 is 0 Å². The quantitative estimate of drug-likeness (QED) is 0.349. The molecule has 1 saturated heterocycles. The van der Waals surface area contributed by atoms with Crippen LogP contribution in [0.3, 0.4) is 0 Å². The zero-order valence-corrected chi connectivity index (χ0v) is 20.1. The normalized spacial score (nSPS) is 14.6. The van der Waals surface area contributed by atoms with Crippen molar-refractivity contribution in [1.82, 2.24) is 39.7 Å². The average molecular weight is 487 g/mol. The highest BCUT2D eigenvalue weighted by Crippen LogP contribution is 2.31. The first-order valence-corrected chi connectivity index (χ1v) is 12.3. The van der Waals surface area contributed by atoms with Gasteiger partial charge in [-0.25, -0.2) is 18.9 Å². The van der Waals surface area contributed by atoms with Gasteiger partial charge in [-0.05, 0) is 57.5 Å². The Balaban J connectivity index is 1.30. The number of halogens is 1. The minimum Gasteiger partial charge on any atom is -0.489 e. The summed E-state index contributed by atoms with van der Waals surface area (Å²) in [7, 11) is 0. The molecule has 5 heterocycles. The Hall–Kier alpha value is -3.92. The molecular formula is C26H27FN8O. The number of nitrogens with zero attached hydrogens (tertiary/aromatic N) is 7. The van der Waals surface area contributed by atoms with Gasteiger partial charge < -0.3 is 14.6 Å². The van der Waals surface area contributed by atoms with Crippen LogP contribution in [0.5, 0.6) is 5.75 Å². The predicted octanol–water partition coefficient (Wildman–Crippen LogP) is 3.92. The number of hydrogen-bond acceptors (Lipinski definition) is 7. The lowest BCUT2D eigenvalue weighted by molar-refractivity contribution is 0.303. The Morgan fingerprint density at radius 1 is 1.14 bits per heavy atom. The molecule has 0 radical (unpaired) electrons. The maximum atomic E-state index is 15.3. The van der Waals surface area contributed by atoms with Crippen molar-refractivity contribution in [1.29, 1.82) is 0 Å². The lowest BCUT2D eigenvalue weighted by atomic mass is 9.93. The molecule has 0 atom stereocenters. The third kappa shape index (κ3) is 4.51. The van der Waals surface area contributed by atoms with Crippen LogP contribution in [0.25, 0.3) is 27.8 Å². The Labute approximate surface area is 207 Å². The highest BCUT2D eigenvalue weighted by atomic mass is 19.1. The van der Waals surface area contributed by atoms with Gasteiger partial charge in [0, 0.05) is 41.9 Å². The van der Waals surface area contributed by atoms with Gasteiger partial charge in [0.25, 0.3) is 0 Å². The Bertz CT molecular complexity index is 1510. The van der Waals surface area contributed by atoms with E-state index in [2.05, 4.69) is 30.6 Å². The van der Waals surface area contributed by atoms with E-state index >= 15 is 4.39 Å². The van der Waals surface area contributed by atoms with Gasteiger partial charge in [0.15, 0.2) is 11.4 Å². The second-order valence-corrected chi connectivity index (χ2v) is 9.23. The third-order valence-electron chi connectivity index (χ3n) is 6.62. The fourth-order valence-corrected chi connectivity index (χ4v) is 4.74. The molecule has 0 bridgehead atoms. The van der Waals surface area contributed by atoms with Gasteiger partial charge in [0.1, 0.15) is 5.82 Å². The molecular weight excluding hydrogens is 459 g/mol. The summed E-state index contributed by atoms with van der Waals surface area (Å²) in [5.41, 5.74) is 4.01. The molecule has 36 heavy (non-hydrogen) atoms. The van der Waals surface area contributed by atoms with Crippen LogP contribution in [0.2, 0.25) is 0 Å². The lowest BCUT2D eigenvalue weighted by Gasteiger charge is -2.21. The molecule has 0 saturated carbocycles. The standard InChI is InChI=1S/C26H27FN8O/c1-17-15-35-26(30-17)25(36-10-2-8-34-9-7-29-16-34)14-23(33-35)19-11-21(27)20-13-22(31-32-24(20)12-19)18-3-5-28-6-4-18/h7,9,11-16,18,28H,2-6,8,10H2,1H3. The summed E-state index contributed by atoms with van der Waals surface area (Å²) in [5, 5.41) is 17.3. The van der Waals surface area contributed by atoms with Crippen molar-refractivity contribution in [3.05, 3.63) is 66.4 Å². The highest BCUT2D eigenvalue weighted by molar-refractivity contribution is 5.84. The third-order valence-corrected chi connectivity index (χ3v) is 6.62. The molecule has 0 amide bonds. The van der Waals surface area contributed by atoms with E-state index in [1.54, 1.807) is 17.0 Å². The van der Waals surface area contributed by atoms with Gasteiger partial charge in [-0.3, -0.25) is 0 Å². The first-order valence-electron chi connectivity index (χ1n) is 12.3. The number of piperidine rings is 1. The minimum atomic E-state index is -0.334. The fraction of sp³-hybridized carbons (Fsp3) is 0.346. The molecule has 1 aromatic carbocycles. The summed E-state index contributed by atoms with van der Waals surface area (Å²) in [5.74, 6) is 0.579. The van der Waals surface area contributed by atoms with Crippen LogP contribution in [0.4, 0.5) is 4.39 Å². The van der Waals surface area contributed by atoms with Crippen LogP contribution in [0.15, 0.2) is 49.2 Å². The molecule has 1 aliphatic heterocycles. The van der Waals surface area contributed by atoms with Crippen molar-refractivity contribution in [2.75, 3.05) is 19.7 Å². The number of ether oxygens (including phenoxy) is 1. The molecule has 9 nitrogen and oxygen atoms in total. The molecule has 0 aliphatic carbocycles. The predicted molar refractivity (Wildman–Crippen MR) is 133 cm³/mol. The van der Waals surface area contributed by atoms with Crippen molar-refractivity contribution in [3.8, 4) is 17.0 Å². The summed E-state index contributed by atoms with van der Waals surface area (Å²) in [6, 6.07) is 7.01. The first kappa shape index (κ1) is 22.5. The molecule has 0 unspecified atom stereocenters. The molecule has 5 aromatic rings. The van der Waals surface area contributed by atoms with E-state index in [1.807, 2.05) is 42.1 Å². The highest BCUT2D eigenvalue weighted by Gasteiger charge is 2.19. The number of nitrogens with one attached hydrogen (secondary N) is 1. The summed E-state index contributed by atoms with van der Waals surface area (Å²) in [6.07, 6.45) is 10.1. The van der Waals surface area contributed by atoms with Crippen LogP contribution in [-0.2, 0) is 6.54 Å². The number of rotatable bonds is 7. The van der Waals surface area contributed by atoms with Crippen LogP contribution >= 0.6 is 0 Å². The van der Waals surface area contributed by atoms with E-state index in [1.165, 1.54) is 6.07 Å². The molecule has 4 aromatic heterocycles. The van der Waals surface area contributed by atoms with Crippen molar-refractivity contribution in [3.63, 3.8) is 0 Å². The van der Waals surface area contributed by atoms with Crippen molar-refractivity contribution in [2.24, 2.45) is 0 Å². The summed E-state index contributed by atoms with van der Waals surface area (Å²) >= 11 is 0. The number of benzene rings is 1. The molecule has 6 rings (SSSR count). The topological polar surface area (TPSA) is 95.1 Å². The largest absolute Gasteiger partial charge is 0.489 e. The summed E-state index contributed by atoms with van der Waals surface area (Å²) in [4.78, 5) is 8.62. The minimum absolute atomic E-state index is 0.310. The number of fused-ring (bicyclic) bond motifs is 2. The van der Waals surface area contributed by atoms with Crippen LogP contribution in [0.1, 0.15) is 36.6 Å². The smallest absolute Gasteiger partial charge is 0.196 e. The SMILES string of the molecule is Cc1cn2nc(-c3cc(F)c4cc(C5CCNCC5)nnc4c3)cc(OCCCn3ccnc3)c2n1. The maximum absolute atomic E-state index is 15.3. The lowest BCUT2D eigenvalue weighted by Crippen LogP contribution is -2.27. The van der Waals surface area contributed by atoms with Crippen molar-refractivity contribution >= 4 is 16.6 Å². The monoisotopic (exact) mass is 486 g/mol. The number of aromatic nitrogens is 7. The van der Waals surface area contributed by atoms with Crippen LogP contribution in [-0.4, -0.2) is 54.0 Å². The fourth-order valence-electron chi connectivity index (χ4n) is 4.74. The van der Waals surface area contributed by atoms with E-state index in [0.29, 0.717) is 46.1 Å². The van der Waals surface area contributed by atoms with Crippen LogP contribution in [0, 0.1) is 12.7 Å². The second-order valence-electron chi connectivity index (χ2n) is 9.23. The number of hydrogen-bond donors (Lipinski definition) is 1. The van der Waals surface area contributed by atoms with E-state index in [4.69, 9.17) is 4.74 Å². The maximum Gasteiger partial charge on any atom is 0.196 e. The Morgan fingerprint density at radius 3 is 2.86 bits per heavy atom. The molecule has 0 spiro atoms. The van der Waals surface area contributed by atoms with Gasteiger partial charge in [0.2, 0.25) is 0 Å². The molecule has 1 aliphatic rings. The summed E-state index contributed by atoms with van der Waals surface area (Å²) in [6.45, 7) is 5.10. The average Bonchev–Trinajstić information content (AvgIpc) is 3.55. The van der Waals surface area contributed by atoms with E-state index in [9.17, 15) is 0 Å². The van der Waals surface area contributed by atoms with Crippen LogP contribution < -0.4 is 10.1 Å². The summed E-state index contributed by atoms with van der Waals surface area (Å²) < 4.78 is 25.1. The number of imidazole rings is 2. The van der Waals surface area contributed by atoms with E-state index in [-0.39, 0.29) is 5.82 Å². The van der Waals surface area contributed by atoms with E-state index in [0.717, 1.165) is 50.3 Å². The second kappa shape index (κ2) is 9.62. The molecule has 10 heteroatoms. The first-order chi connectivity index (χ1) is 17.6. The molecule has 1 N–H and O–H groups in total.